The van der Waals surface area contributed by atoms with E-state index in [1.807, 2.05) is 26.1 Å². The zero-order valence-corrected chi connectivity index (χ0v) is 8.58. The molecule has 0 N–H and O–H groups in total. The molecular formula is C11H18N2. The minimum atomic E-state index is 1.01. The lowest BCUT2D eigenvalue weighted by atomic mass is 10.4. The fraction of sp³-hybridized carbons (Fsp3) is 0.545. The molecule has 1 heterocycles. The van der Waals surface area contributed by atoms with Crippen LogP contribution in [0, 0.1) is 0 Å². The molecule has 1 aliphatic rings. The number of rotatable bonds is 2. The fourth-order valence-electron chi connectivity index (χ4n) is 1.40. The number of nitrogens with zero attached hydrogens (tertiary/aromatic N) is 2. The van der Waals surface area contributed by atoms with Crippen LogP contribution < -0.4 is 0 Å². The normalized spacial score (nSPS) is 17.4. The second-order valence-corrected chi connectivity index (χ2v) is 3.59. The van der Waals surface area contributed by atoms with Gasteiger partial charge < -0.3 is 4.90 Å². The summed E-state index contributed by atoms with van der Waals surface area (Å²) >= 11 is 0. The molecule has 0 aromatic rings. The molecule has 0 radical (unpaired) electrons. The van der Waals surface area contributed by atoms with Crippen molar-refractivity contribution in [3.05, 3.63) is 24.4 Å². The quantitative estimate of drug-likeness (QED) is 0.469. The smallest absolute Gasteiger partial charge is 0.127 e. The number of amidine groups is 1. The van der Waals surface area contributed by atoms with E-state index in [1.54, 1.807) is 0 Å². The molecule has 0 aromatic carbocycles. The average Bonchev–Trinajstić information content (AvgIpc) is 2.58. The highest BCUT2D eigenvalue weighted by Crippen LogP contribution is 2.09. The van der Waals surface area contributed by atoms with Crippen molar-refractivity contribution in [3.63, 3.8) is 0 Å². The predicted molar refractivity (Wildman–Crippen MR) is 57.9 cm³/mol. The van der Waals surface area contributed by atoms with Gasteiger partial charge in [-0.2, -0.15) is 0 Å². The van der Waals surface area contributed by atoms with Gasteiger partial charge in [0.2, 0.25) is 0 Å². The van der Waals surface area contributed by atoms with E-state index in [4.69, 9.17) is 0 Å². The van der Waals surface area contributed by atoms with E-state index < -0.39 is 0 Å². The second-order valence-electron chi connectivity index (χ2n) is 3.59. The molecule has 2 nitrogen and oxygen atoms in total. The molecule has 2 heteroatoms. The van der Waals surface area contributed by atoms with Gasteiger partial charge in [0.1, 0.15) is 5.84 Å². The Kier molecular flexibility index (Phi) is 3.74. The van der Waals surface area contributed by atoms with Crippen molar-refractivity contribution in [2.24, 2.45) is 4.99 Å². The number of hydrogen-bond acceptors (Lipinski definition) is 1. The Morgan fingerprint density at radius 1 is 1.31 bits per heavy atom. The Morgan fingerprint density at radius 2 is 1.92 bits per heavy atom. The summed E-state index contributed by atoms with van der Waals surface area (Å²) in [5.74, 6) is 1.01. The third-order valence-electron chi connectivity index (χ3n) is 2.07. The van der Waals surface area contributed by atoms with E-state index >= 15 is 0 Å². The van der Waals surface area contributed by atoms with Gasteiger partial charge in [0.15, 0.2) is 0 Å². The molecule has 0 amide bonds. The van der Waals surface area contributed by atoms with Crippen LogP contribution in [0.15, 0.2) is 29.4 Å². The van der Waals surface area contributed by atoms with Gasteiger partial charge in [0.05, 0.1) is 0 Å². The Balaban J connectivity index is 2.65. The zero-order chi connectivity index (χ0) is 9.68. The monoisotopic (exact) mass is 178 g/mol. The van der Waals surface area contributed by atoms with Crippen LogP contribution >= 0.6 is 0 Å². The molecule has 0 unspecified atom stereocenters. The lowest BCUT2D eigenvalue weighted by Crippen LogP contribution is -2.25. The van der Waals surface area contributed by atoms with Crippen LogP contribution in [0.5, 0.6) is 0 Å². The van der Waals surface area contributed by atoms with E-state index in [2.05, 4.69) is 16.5 Å². The summed E-state index contributed by atoms with van der Waals surface area (Å²) in [7, 11) is 0. The summed E-state index contributed by atoms with van der Waals surface area (Å²) in [4.78, 5) is 6.67. The fourth-order valence-corrected chi connectivity index (χ4v) is 1.40. The van der Waals surface area contributed by atoms with Crippen molar-refractivity contribution < 1.29 is 0 Å². The van der Waals surface area contributed by atoms with E-state index in [-0.39, 0.29) is 0 Å². The number of hydrogen-bond donors (Lipinski definition) is 0. The molecule has 0 atom stereocenters. The highest BCUT2D eigenvalue weighted by molar-refractivity contribution is 5.93. The van der Waals surface area contributed by atoms with E-state index in [9.17, 15) is 0 Å². The summed E-state index contributed by atoms with van der Waals surface area (Å²) < 4.78 is 0. The van der Waals surface area contributed by atoms with Gasteiger partial charge in [0, 0.05) is 19.3 Å². The minimum Gasteiger partial charge on any atom is -0.357 e. The molecule has 1 aliphatic heterocycles. The first-order chi connectivity index (χ1) is 6.24. The average molecular weight is 178 g/mol. The van der Waals surface area contributed by atoms with E-state index in [1.165, 1.54) is 18.4 Å². The maximum absolute atomic E-state index is 4.39. The van der Waals surface area contributed by atoms with Crippen LogP contribution in [0.25, 0.3) is 0 Å². The van der Waals surface area contributed by atoms with Crippen molar-refractivity contribution in [2.75, 3.05) is 13.1 Å². The van der Waals surface area contributed by atoms with Crippen molar-refractivity contribution >= 4 is 5.84 Å². The maximum Gasteiger partial charge on any atom is 0.127 e. The first kappa shape index (κ1) is 10.0. The first-order valence-electron chi connectivity index (χ1n) is 4.82. The standard InChI is InChI=1S/C11H18N2/c1-4-11(12-9-10(2)3)13-7-5-6-8-13/h4,9H,1,5-8H2,2-3H3. The summed E-state index contributed by atoms with van der Waals surface area (Å²) in [5, 5.41) is 0. The number of likely N-dealkylation sites (tertiary alicyclic amines) is 1. The van der Waals surface area contributed by atoms with Crippen LogP contribution in [0.3, 0.4) is 0 Å². The molecule has 13 heavy (non-hydrogen) atoms. The number of aliphatic imine (C=N–C) groups is 1. The van der Waals surface area contributed by atoms with Crippen molar-refractivity contribution in [2.45, 2.75) is 26.7 Å². The molecule has 1 fully saturated rings. The van der Waals surface area contributed by atoms with Gasteiger partial charge in [-0.05, 0) is 32.8 Å². The Labute approximate surface area is 80.7 Å². The second kappa shape index (κ2) is 4.85. The van der Waals surface area contributed by atoms with Crippen molar-refractivity contribution in [1.29, 1.82) is 0 Å². The largest absolute Gasteiger partial charge is 0.357 e. The molecule has 72 valence electrons. The van der Waals surface area contributed by atoms with Crippen LogP contribution in [-0.2, 0) is 0 Å². The van der Waals surface area contributed by atoms with Gasteiger partial charge in [-0.1, -0.05) is 12.2 Å². The molecular weight excluding hydrogens is 160 g/mol. The maximum atomic E-state index is 4.39. The van der Waals surface area contributed by atoms with Crippen LogP contribution in [0.4, 0.5) is 0 Å². The molecule has 0 aliphatic carbocycles. The summed E-state index contributed by atoms with van der Waals surface area (Å²) in [6.45, 7) is 10.1. The topological polar surface area (TPSA) is 15.6 Å². The van der Waals surface area contributed by atoms with Gasteiger partial charge >= 0.3 is 0 Å². The van der Waals surface area contributed by atoms with Gasteiger partial charge in [-0.25, -0.2) is 4.99 Å². The highest BCUT2D eigenvalue weighted by Gasteiger charge is 2.12. The third kappa shape index (κ3) is 3.05. The molecule has 1 rings (SSSR count). The molecule has 0 saturated carbocycles. The van der Waals surface area contributed by atoms with E-state index in [0.29, 0.717) is 0 Å². The Hall–Kier alpha value is -1.05. The molecule has 0 aromatic heterocycles. The predicted octanol–water partition coefficient (Wildman–Crippen LogP) is 2.59. The van der Waals surface area contributed by atoms with Crippen molar-refractivity contribution in [1.82, 2.24) is 4.90 Å². The highest BCUT2D eigenvalue weighted by atomic mass is 15.2. The van der Waals surface area contributed by atoms with E-state index in [0.717, 1.165) is 18.9 Å². The minimum absolute atomic E-state index is 1.01. The van der Waals surface area contributed by atoms with Gasteiger partial charge in [-0.15, -0.1) is 0 Å². The summed E-state index contributed by atoms with van der Waals surface area (Å²) in [6, 6.07) is 0. The lowest BCUT2D eigenvalue weighted by molar-refractivity contribution is 0.522. The Bertz CT molecular complexity index is 228. The summed E-state index contributed by atoms with van der Waals surface area (Å²) in [6.07, 6.45) is 6.30. The molecule has 1 saturated heterocycles. The third-order valence-corrected chi connectivity index (χ3v) is 2.07. The molecule has 0 bridgehead atoms. The molecule has 0 spiro atoms. The van der Waals surface area contributed by atoms with Gasteiger partial charge in [0.25, 0.3) is 0 Å². The number of allylic oxidation sites excluding steroid dienone is 1. The zero-order valence-electron chi connectivity index (χ0n) is 8.58. The van der Waals surface area contributed by atoms with Gasteiger partial charge in [-0.3, -0.25) is 0 Å². The SMILES string of the molecule is C=CC(=NC=C(C)C)N1CCCC1. The summed E-state index contributed by atoms with van der Waals surface area (Å²) in [5.41, 5.74) is 1.22. The lowest BCUT2D eigenvalue weighted by Gasteiger charge is -2.16. The van der Waals surface area contributed by atoms with Crippen LogP contribution in [-0.4, -0.2) is 23.8 Å². The Morgan fingerprint density at radius 3 is 2.38 bits per heavy atom. The van der Waals surface area contributed by atoms with Crippen molar-refractivity contribution in [3.8, 4) is 0 Å². The van der Waals surface area contributed by atoms with Crippen LogP contribution in [0.1, 0.15) is 26.7 Å². The van der Waals surface area contributed by atoms with Crippen LogP contribution in [0.2, 0.25) is 0 Å². The first-order valence-corrected chi connectivity index (χ1v) is 4.82.